The number of rotatable bonds is 6. The van der Waals surface area contributed by atoms with Crippen molar-refractivity contribution >= 4 is 0 Å². The van der Waals surface area contributed by atoms with Crippen molar-refractivity contribution in [3.05, 3.63) is 94.9 Å². The van der Waals surface area contributed by atoms with E-state index < -0.39 is 29.6 Å². The van der Waals surface area contributed by atoms with Crippen molar-refractivity contribution in [2.45, 2.75) is 50.5 Å². The predicted molar refractivity (Wildman–Crippen MR) is 113 cm³/mol. The van der Waals surface area contributed by atoms with Gasteiger partial charge in [0.05, 0.1) is 42.7 Å². The molecule has 182 valence electrons. The van der Waals surface area contributed by atoms with Crippen LogP contribution in [0.1, 0.15) is 46.9 Å². The monoisotopic (exact) mass is 483 g/mol. The minimum Gasteiger partial charge on any atom is -0.468 e. The van der Waals surface area contributed by atoms with Crippen molar-refractivity contribution < 1.29 is 35.5 Å². The molecule has 1 aromatic heterocycles. The van der Waals surface area contributed by atoms with Gasteiger partial charge in [0.1, 0.15) is 5.76 Å². The van der Waals surface area contributed by atoms with Crippen LogP contribution in [0.25, 0.3) is 0 Å². The van der Waals surface area contributed by atoms with Crippen LogP contribution in [0.2, 0.25) is 0 Å². The second kappa shape index (κ2) is 9.84. The fraction of sp³-hybridized carbons (Fsp3) is 0.360. The summed E-state index contributed by atoms with van der Waals surface area (Å²) < 4.78 is 90.8. The quantitative estimate of drug-likeness (QED) is 0.346. The van der Waals surface area contributed by atoms with E-state index in [4.69, 9.17) is 9.15 Å². The van der Waals surface area contributed by atoms with Gasteiger partial charge in [-0.3, -0.25) is 4.90 Å². The number of nitrogens with zero attached hydrogens (tertiary/aromatic N) is 1. The van der Waals surface area contributed by atoms with Crippen molar-refractivity contribution in [3.63, 3.8) is 0 Å². The second-order valence-corrected chi connectivity index (χ2v) is 8.31. The Balaban J connectivity index is 1.59. The van der Waals surface area contributed by atoms with E-state index in [9.17, 15) is 26.3 Å². The maximum absolute atomic E-state index is 13.2. The smallest absolute Gasteiger partial charge is 0.416 e. The number of likely N-dealkylation sites (tertiary alicyclic amines) is 1. The average Bonchev–Trinajstić information content (AvgIpc) is 3.30. The number of furan rings is 1. The molecule has 0 saturated carbocycles. The lowest BCUT2D eigenvalue weighted by Crippen LogP contribution is -2.42. The fourth-order valence-corrected chi connectivity index (χ4v) is 4.36. The molecule has 2 aromatic carbocycles. The maximum Gasteiger partial charge on any atom is 0.416 e. The van der Waals surface area contributed by atoms with Gasteiger partial charge in [-0.15, -0.1) is 0 Å². The summed E-state index contributed by atoms with van der Waals surface area (Å²) in [4.78, 5) is 2.16. The predicted octanol–water partition coefficient (Wildman–Crippen LogP) is 7.24. The third-order valence-corrected chi connectivity index (χ3v) is 5.87. The highest BCUT2D eigenvalue weighted by atomic mass is 19.4. The summed E-state index contributed by atoms with van der Waals surface area (Å²) in [5.41, 5.74) is -1.90. The van der Waals surface area contributed by atoms with Crippen LogP contribution in [-0.4, -0.2) is 17.5 Å². The highest BCUT2D eigenvalue weighted by molar-refractivity contribution is 5.33. The largest absolute Gasteiger partial charge is 0.468 e. The molecule has 1 saturated heterocycles. The van der Waals surface area contributed by atoms with Gasteiger partial charge in [0.25, 0.3) is 0 Å². The fourth-order valence-electron chi connectivity index (χ4n) is 4.36. The van der Waals surface area contributed by atoms with Gasteiger partial charge < -0.3 is 9.15 Å². The molecule has 3 aromatic rings. The lowest BCUT2D eigenvalue weighted by Gasteiger charge is -2.41. The molecular formula is C25H23F6NO2. The van der Waals surface area contributed by atoms with Gasteiger partial charge in [-0.1, -0.05) is 30.3 Å². The summed E-state index contributed by atoms with van der Waals surface area (Å²) in [6.45, 7) is 0.895. The Kier molecular flexibility index (Phi) is 7.04. The molecule has 2 unspecified atom stereocenters. The number of hydrogen-bond acceptors (Lipinski definition) is 3. The standard InChI is InChI=1S/C25H23F6NO2/c26-24(27,28)19-12-17(13-20(14-19)25(29,30)31)16-34-22-9-4-10-32(15-21-8-5-11-33-21)23(22)18-6-2-1-3-7-18/h1-3,5-8,11-14,22-23H,4,9-10,15-16H2. The van der Waals surface area contributed by atoms with Crippen LogP contribution < -0.4 is 0 Å². The number of benzene rings is 2. The van der Waals surface area contributed by atoms with Crippen molar-refractivity contribution in [1.82, 2.24) is 4.90 Å². The van der Waals surface area contributed by atoms with Gasteiger partial charge in [0, 0.05) is 0 Å². The molecule has 0 amide bonds. The molecule has 2 atom stereocenters. The molecule has 0 bridgehead atoms. The normalized spacial score (nSPS) is 19.9. The summed E-state index contributed by atoms with van der Waals surface area (Å²) in [6, 6.07) is 14.5. The zero-order chi connectivity index (χ0) is 24.3. The van der Waals surface area contributed by atoms with E-state index in [0.717, 1.165) is 36.4 Å². The number of halogens is 6. The first-order valence-electron chi connectivity index (χ1n) is 10.8. The van der Waals surface area contributed by atoms with Gasteiger partial charge in [0.2, 0.25) is 0 Å². The number of hydrogen-bond donors (Lipinski definition) is 0. The van der Waals surface area contributed by atoms with Crippen LogP contribution in [0.3, 0.4) is 0 Å². The van der Waals surface area contributed by atoms with Crippen molar-refractivity contribution in [2.75, 3.05) is 6.54 Å². The summed E-state index contributed by atoms with van der Waals surface area (Å²) in [7, 11) is 0. The van der Waals surface area contributed by atoms with Crippen LogP contribution in [-0.2, 0) is 30.2 Å². The van der Waals surface area contributed by atoms with Crippen molar-refractivity contribution in [1.29, 1.82) is 0 Å². The van der Waals surface area contributed by atoms with Gasteiger partial charge in [0.15, 0.2) is 0 Å². The van der Waals surface area contributed by atoms with Gasteiger partial charge in [-0.05, 0) is 60.8 Å². The lowest BCUT2D eigenvalue weighted by molar-refractivity contribution is -0.143. The van der Waals surface area contributed by atoms with Crippen molar-refractivity contribution in [3.8, 4) is 0 Å². The summed E-state index contributed by atoms with van der Waals surface area (Å²) in [6.07, 6.45) is -7.24. The summed E-state index contributed by atoms with van der Waals surface area (Å²) >= 11 is 0. The number of ether oxygens (including phenoxy) is 1. The van der Waals surface area contributed by atoms with E-state index in [1.54, 1.807) is 12.3 Å². The van der Waals surface area contributed by atoms with E-state index in [1.165, 1.54) is 0 Å². The first-order valence-corrected chi connectivity index (χ1v) is 10.8. The molecule has 1 aliphatic heterocycles. The highest BCUT2D eigenvalue weighted by Crippen LogP contribution is 2.38. The van der Waals surface area contributed by atoms with Crippen LogP contribution in [0, 0.1) is 0 Å². The summed E-state index contributed by atoms with van der Waals surface area (Å²) in [5.74, 6) is 0.759. The Morgan fingerprint density at radius 3 is 2.15 bits per heavy atom. The minimum absolute atomic E-state index is 0.127. The van der Waals surface area contributed by atoms with Crippen LogP contribution >= 0.6 is 0 Å². The Hall–Kier alpha value is -2.78. The molecule has 4 rings (SSSR count). The van der Waals surface area contributed by atoms with Gasteiger partial charge in [-0.25, -0.2) is 0 Å². The zero-order valence-electron chi connectivity index (χ0n) is 18.1. The third kappa shape index (κ3) is 5.82. The average molecular weight is 483 g/mol. The topological polar surface area (TPSA) is 25.6 Å². The number of piperidine rings is 1. The van der Waals surface area contributed by atoms with E-state index in [-0.39, 0.29) is 24.3 Å². The lowest BCUT2D eigenvalue weighted by atomic mass is 9.92. The first kappa shape index (κ1) is 24.3. The molecule has 1 fully saturated rings. The molecule has 2 heterocycles. The van der Waals surface area contributed by atoms with Crippen molar-refractivity contribution in [2.24, 2.45) is 0 Å². The molecule has 1 aliphatic rings. The van der Waals surface area contributed by atoms with Crippen LogP contribution in [0.4, 0.5) is 26.3 Å². The summed E-state index contributed by atoms with van der Waals surface area (Å²) in [5, 5.41) is 0. The highest BCUT2D eigenvalue weighted by Gasteiger charge is 2.38. The zero-order valence-corrected chi connectivity index (χ0v) is 18.1. The molecule has 3 nitrogen and oxygen atoms in total. The molecule has 0 N–H and O–H groups in total. The molecule has 0 aliphatic carbocycles. The molecule has 9 heteroatoms. The van der Waals surface area contributed by atoms with E-state index in [2.05, 4.69) is 4.90 Å². The van der Waals surface area contributed by atoms with Crippen LogP contribution in [0.5, 0.6) is 0 Å². The maximum atomic E-state index is 13.2. The molecule has 34 heavy (non-hydrogen) atoms. The molecule has 0 radical (unpaired) electrons. The number of alkyl halides is 6. The minimum atomic E-state index is -4.90. The van der Waals surface area contributed by atoms with E-state index in [0.29, 0.717) is 13.0 Å². The Bertz CT molecular complexity index is 1030. The Labute approximate surface area is 192 Å². The SMILES string of the molecule is FC(F)(F)c1cc(COC2CCCN(Cc3ccco3)C2c2ccccc2)cc(C(F)(F)F)c1. The molecule has 0 spiro atoms. The van der Waals surface area contributed by atoms with Gasteiger partial charge in [-0.2, -0.15) is 26.3 Å². The Morgan fingerprint density at radius 1 is 0.882 bits per heavy atom. The third-order valence-electron chi connectivity index (χ3n) is 5.87. The van der Waals surface area contributed by atoms with Gasteiger partial charge >= 0.3 is 12.4 Å². The molecular weight excluding hydrogens is 460 g/mol. The first-order chi connectivity index (χ1) is 16.1. The van der Waals surface area contributed by atoms with E-state index in [1.807, 2.05) is 36.4 Å². The van der Waals surface area contributed by atoms with E-state index >= 15 is 0 Å². The van der Waals surface area contributed by atoms with Crippen LogP contribution in [0.15, 0.2) is 71.3 Å². The Morgan fingerprint density at radius 2 is 1.56 bits per heavy atom. The second-order valence-electron chi connectivity index (χ2n) is 8.31.